The number of rotatable bonds is 3. The van der Waals surface area contributed by atoms with E-state index in [9.17, 15) is 9.50 Å². The lowest BCUT2D eigenvalue weighted by Crippen LogP contribution is -2.15. The Labute approximate surface area is 109 Å². The van der Waals surface area contributed by atoms with Gasteiger partial charge in [0.05, 0.1) is 12.1 Å². The highest BCUT2D eigenvalue weighted by Gasteiger charge is 2.28. The van der Waals surface area contributed by atoms with Crippen molar-refractivity contribution in [2.45, 2.75) is 25.0 Å². The van der Waals surface area contributed by atoms with Crippen molar-refractivity contribution in [2.24, 2.45) is 0 Å². The summed E-state index contributed by atoms with van der Waals surface area (Å²) in [6.07, 6.45) is 0.471. The first-order chi connectivity index (χ1) is 9.22. The standard InChI is InChI=1S/C13H14FN3O2/c14-10-4-2-1-3-8(10)5-12-16-13(19-17-12)11-6-9(18)7-15-11/h1-4,9,11,15,18H,5-7H2/t9-,11+/m1/s1. The Bertz CT molecular complexity index is 573. The molecular weight excluding hydrogens is 249 g/mol. The molecule has 3 rings (SSSR count). The van der Waals surface area contributed by atoms with Gasteiger partial charge in [-0.2, -0.15) is 4.98 Å². The fourth-order valence-electron chi connectivity index (χ4n) is 2.20. The first-order valence-corrected chi connectivity index (χ1v) is 6.19. The molecule has 0 bridgehead atoms. The van der Waals surface area contributed by atoms with Gasteiger partial charge in [0, 0.05) is 13.0 Å². The van der Waals surface area contributed by atoms with Crippen molar-refractivity contribution in [2.75, 3.05) is 6.54 Å². The van der Waals surface area contributed by atoms with Gasteiger partial charge in [-0.05, 0) is 18.1 Å². The molecule has 0 saturated carbocycles. The zero-order chi connectivity index (χ0) is 13.2. The Balaban J connectivity index is 1.73. The van der Waals surface area contributed by atoms with E-state index >= 15 is 0 Å². The number of aliphatic hydroxyl groups excluding tert-OH is 1. The second-order valence-corrected chi connectivity index (χ2v) is 4.67. The second-order valence-electron chi connectivity index (χ2n) is 4.67. The van der Waals surface area contributed by atoms with E-state index in [1.54, 1.807) is 18.2 Å². The molecule has 0 radical (unpaired) electrons. The maximum Gasteiger partial charge on any atom is 0.243 e. The number of aromatic nitrogens is 2. The molecule has 1 saturated heterocycles. The number of β-amino-alcohol motifs (C(OH)–C–C–N with tert-alkyl or cyclic N) is 1. The summed E-state index contributed by atoms with van der Waals surface area (Å²) in [6, 6.07) is 6.41. The highest BCUT2D eigenvalue weighted by atomic mass is 19.1. The van der Waals surface area contributed by atoms with Crippen LogP contribution in [0.25, 0.3) is 0 Å². The highest BCUT2D eigenvalue weighted by molar-refractivity contribution is 5.20. The van der Waals surface area contributed by atoms with Gasteiger partial charge in [0.2, 0.25) is 5.89 Å². The van der Waals surface area contributed by atoms with Crippen LogP contribution in [0.5, 0.6) is 0 Å². The van der Waals surface area contributed by atoms with Crippen LogP contribution in [0.4, 0.5) is 4.39 Å². The van der Waals surface area contributed by atoms with Crippen LogP contribution in [-0.4, -0.2) is 27.9 Å². The molecule has 1 fully saturated rings. The van der Waals surface area contributed by atoms with Gasteiger partial charge in [-0.25, -0.2) is 4.39 Å². The van der Waals surface area contributed by atoms with Crippen molar-refractivity contribution >= 4 is 0 Å². The van der Waals surface area contributed by atoms with Crippen LogP contribution in [0.1, 0.15) is 29.7 Å². The molecule has 2 aromatic rings. The number of hydrogen-bond acceptors (Lipinski definition) is 5. The van der Waals surface area contributed by atoms with Gasteiger partial charge < -0.3 is 14.9 Å². The lowest BCUT2D eigenvalue weighted by Gasteiger charge is -2.01. The van der Waals surface area contributed by atoms with Gasteiger partial charge in [0.25, 0.3) is 0 Å². The zero-order valence-corrected chi connectivity index (χ0v) is 10.2. The van der Waals surface area contributed by atoms with E-state index in [0.29, 0.717) is 36.7 Å². The molecule has 6 heteroatoms. The third-order valence-electron chi connectivity index (χ3n) is 3.20. The summed E-state index contributed by atoms with van der Waals surface area (Å²) in [5, 5.41) is 16.4. The molecule has 2 N–H and O–H groups in total. The minimum Gasteiger partial charge on any atom is -0.392 e. The third kappa shape index (κ3) is 2.64. The second kappa shape index (κ2) is 5.07. The van der Waals surface area contributed by atoms with E-state index in [1.807, 2.05) is 0 Å². The Morgan fingerprint density at radius 1 is 1.42 bits per heavy atom. The van der Waals surface area contributed by atoms with Gasteiger partial charge in [-0.1, -0.05) is 23.4 Å². The summed E-state index contributed by atoms with van der Waals surface area (Å²) >= 11 is 0. The molecule has 1 aliphatic rings. The molecule has 19 heavy (non-hydrogen) atoms. The van der Waals surface area contributed by atoms with Gasteiger partial charge >= 0.3 is 0 Å². The molecule has 0 spiro atoms. The predicted molar refractivity (Wildman–Crippen MR) is 64.9 cm³/mol. The molecule has 100 valence electrons. The first-order valence-electron chi connectivity index (χ1n) is 6.19. The molecule has 0 unspecified atom stereocenters. The first kappa shape index (κ1) is 12.3. The van der Waals surface area contributed by atoms with Crippen LogP contribution in [-0.2, 0) is 6.42 Å². The maximum absolute atomic E-state index is 13.5. The van der Waals surface area contributed by atoms with Crippen molar-refractivity contribution in [3.05, 3.63) is 47.4 Å². The fourth-order valence-corrected chi connectivity index (χ4v) is 2.20. The van der Waals surface area contributed by atoms with Crippen LogP contribution < -0.4 is 5.32 Å². The van der Waals surface area contributed by atoms with Gasteiger partial charge in [-0.15, -0.1) is 0 Å². The number of halogens is 1. The summed E-state index contributed by atoms with van der Waals surface area (Å²) in [7, 11) is 0. The molecule has 5 nitrogen and oxygen atoms in total. The predicted octanol–water partition coefficient (Wildman–Crippen LogP) is 1.19. The zero-order valence-electron chi connectivity index (χ0n) is 10.2. The number of nitrogens with zero attached hydrogens (tertiary/aromatic N) is 2. The number of aliphatic hydroxyl groups is 1. The van der Waals surface area contributed by atoms with Gasteiger partial charge in [0.1, 0.15) is 5.82 Å². The quantitative estimate of drug-likeness (QED) is 0.870. The molecule has 0 aliphatic carbocycles. The Kier molecular flexibility index (Phi) is 3.27. The smallest absolute Gasteiger partial charge is 0.243 e. The minimum absolute atomic E-state index is 0.114. The summed E-state index contributed by atoms with van der Waals surface area (Å²) in [5.41, 5.74) is 0.536. The summed E-state index contributed by atoms with van der Waals surface area (Å²) in [5.74, 6) is 0.620. The average Bonchev–Trinajstić information content (AvgIpc) is 3.01. The largest absolute Gasteiger partial charge is 0.392 e. The minimum atomic E-state index is -0.382. The number of hydrogen-bond donors (Lipinski definition) is 2. The van der Waals surface area contributed by atoms with Crippen molar-refractivity contribution in [3.8, 4) is 0 Å². The van der Waals surface area contributed by atoms with E-state index in [1.165, 1.54) is 6.07 Å². The van der Waals surface area contributed by atoms with Crippen LogP contribution in [0.15, 0.2) is 28.8 Å². The Hall–Kier alpha value is -1.79. The molecule has 1 aliphatic heterocycles. The third-order valence-corrected chi connectivity index (χ3v) is 3.20. The monoisotopic (exact) mass is 263 g/mol. The van der Waals surface area contributed by atoms with E-state index in [-0.39, 0.29) is 18.0 Å². The molecule has 2 atom stereocenters. The van der Waals surface area contributed by atoms with Crippen molar-refractivity contribution in [3.63, 3.8) is 0 Å². The van der Waals surface area contributed by atoms with Gasteiger partial charge in [-0.3, -0.25) is 0 Å². The number of nitrogens with one attached hydrogen (secondary N) is 1. The molecule has 1 aromatic carbocycles. The lowest BCUT2D eigenvalue weighted by molar-refractivity contribution is 0.191. The van der Waals surface area contributed by atoms with Crippen molar-refractivity contribution in [1.82, 2.24) is 15.5 Å². The van der Waals surface area contributed by atoms with Crippen LogP contribution in [0, 0.1) is 5.82 Å². The average molecular weight is 263 g/mol. The SMILES string of the molecule is O[C@H]1CN[C@H](c2nc(Cc3ccccc3F)no2)C1. The summed E-state index contributed by atoms with van der Waals surface area (Å²) < 4.78 is 18.7. The Morgan fingerprint density at radius 3 is 3.00 bits per heavy atom. The maximum atomic E-state index is 13.5. The van der Waals surface area contributed by atoms with Crippen LogP contribution >= 0.6 is 0 Å². The topological polar surface area (TPSA) is 71.2 Å². The summed E-state index contributed by atoms with van der Waals surface area (Å²) in [6.45, 7) is 0.524. The van der Waals surface area contributed by atoms with Gasteiger partial charge in [0.15, 0.2) is 5.82 Å². The highest BCUT2D eigenvalue weighted by Crippen LogP contribution is 2.22. The van der Waals surface area contributed by atoms with Crippen molar-refractivity contribution < 1.29 is 14.0 Å². The molecule has 2 heterocycles. The van der Waals surface area contributed by atoms with Crippen molar-refractivity contribution in [1.29, 1.82) is 0 Å². The Morgan fingerprint density at radius 2 is 2.26 bits per heavy atom. The fraction of sp³-hybridized carbons (Fsp3) is 0.385. The van der Waals surface area contributed by atoms with Crippen LogP contribution in [0.2, 0.25) is 0 Å². The summed E-state index contributed by atoms with van der Waals surface area (Å²) in [4.78, 5) is 4.25. The lowest BCUT2D eigenvalue weighted by atomic mass is 10.1. The van der Waals surface area contributed by atoms with E-state index in [4.69, 9.17) is 4.52 Å². The van der Waals surface area contributed by atoms with E-state index in [2.05, 4.69) is 15.5 Å². The number of benzene rings is 1. The van der Waals surface area contributed by atoms with Crippen LogP contribution in [0.3, 0.4) is 0 Å². The molecule has 0 amide bonds. The molecule has 1 aromatic heterocycles. The van der Waals surface area contributed by atoms with E-state index < -0.39 is 0 Å². The molecular formula is C13H14FN3O2. The van der Waals surface area contributed by atoms with E-state index in [0.717, 1.165) is 0 Å². The normalized spacial score (nSPS) is 22.8.